The first-order valence-electron chi connectivity index (χ1n) is 11.4. The number of rotatable bonds is 15. The number of hydrogen-bond donors (Lipinski definition) is 2. The maximum Gasteiger partial charge on any atom is 0.327 e. The van der Waals surface area contributed by atoms with Crippen molar-refractivity contribution >= 4 is 52.2 Å². The highest BCUT2D eigenvalue weighted by Gasteiger charge is 2.41. The Labute approximate surface area is 209 Å². The standard InChI is InChI=1S/C24H31NO7S2/c1-3-5-6-7-8-9-12-32-18-11-10-16(13-19(18)31-4-2)14-20-22(28)25(24(33)34-20)17(23(29)30)15-21(26)27/h10-11,13-14,17H,3-9,12,15H2,1-2H3,(H,26,27)(H,29,30). The largest absolute Gasteiger partial charge is 0.490 e. The molecule has 0 radical (unpaired) electrons. The number of benzene rings is 1. The number of nitrogens with zero attached hydrogens (tertiary/aromatic N) is 1. The third kappa shape index (κ3) is 8.02. The fourth-order valence-electron chi connectivity index (χ4n) is 3.42. The quantitative estimate of drug-likeness (QED) is 0.192. The molecule has 0 aromatic heterocycles. The average Bonchev–Trinajstić information content (AvgIpc) is 3.05. The zero-order valence-electron chi connectivity index (χ0n) is 19.5. The maximum atomic E-state index is 12.8. The van der Waals surface area contributed by atoms with Crippen LogP contribution in [-0.4, -0.2) is 56.5 Å². The first kappa shape index (κ1) is 27.7. The van der Waals surface area contributed by atoms with E-state index in [1.165, 1.54) is 25.7 Å². The summed E-state index contributed by atoms with van der Waals surface area (Å²) in [5.74, 6) is -2.22. The first-order chi connectivity index (χ1) is 16.3. The Bertz CT molecular complexity index is 932. The second-order valence-corrected chi connectivity index (χ2v) is 9.43. The van der Waals surface area contributed by atoms with Crippen LogP contribution in [0.15, 0.2) is 23.1 Å². The van der Waals surface area contributed by atoms with Crippen LogP contribution in [0.25, 0.3) is 6.08 Å². The molecule has 1 heterocycles. The molecule has 1 atom stereocenters. The molecule has 1 unspecified atom stereocenters. The number of thioether (sulfide) groups is 1. The molecule has 1 aromatic rings. The normalized spacial score (nSPS) is 15.6. The van der Waals surface area contributed by atoms with Crippen molar-refractivity contribution in [3.05, 3.63) is 28.7 Å². The molecule has 1 fully saturated rings. The Kier molecular flexibility index (Phi) is 11.4. The highest BCUT2D eigenvalue weighted by molar-refractivity contribution is 8.26. The Balaban J connectivity index is 2.11. The van der Waals surface area contributed by atoms with Crippen molar-refractivity contribution in [3.63, 3.8) is 0 Å². The Hall–Kier alpha value is -2.59. The molecular formula is C24H31NO7S2. The summed E-state index contributed by atoms with van der Waals surface area (Å²) in [7, 11) is 0. The van der Waals surface area contributed by atoms with Gasteiger partial charge in [-0.2, -0.15) is 0 Å². The lowest BCUT2D eigenvalue weighted by Crippen LogP contribution is -2.45. The summed E-state index contributed by atoms with van der Waals surface area (Å²) in [5, 5.41) is 18.4. The fraction of sp³-hybridized carbons (Fsp3) is 0.500. The summed E-state index contributed by atoms with van der Waals surface area (Å²) in [6, 6.07) is 3.74. The predicted molar refractivity (Wildman–Crippen MR) is 135 cm³/mol. The van der Waals surface area contributed by atoms with Crippen molar-refractivity contribution < 1.29 is 34.1 Å². The third-order valence-corrected chi connectivity index (χ3v) is 6.44. The molecule has 0 aliphatic carbocycles. The second-order valence-electron chi connectivity index (χ2n) is 7.76. The molecule has 8 nitrogen and oxygen atoms in total. The van der Waals surface area contributed by atoms with Gasteiger partial charge in [0.05, 0.1) is 24.5 Å². The number of unbranched alkanes of at least 4 members (excludes halogenated alkanes) is 5. The van der Waals surface area contributed by atoms with Gasteiger partial charge in [-0.05, 0) is 37.1 Å². The van der Waals surface area contributed by atoms with Crippen molar-refractivity contribution in [2.24, 2.45) is 0 Å². The van der Waals surface area contributed by atoms with E-state index in [-0.39, 0.29) is 9.23 Å². The number of amides is 1. The molecule has 0 spiro atoms. The smallest absolute Gasteiger partial charge is 0.327 e. The van der Waals surface area contributed by atoms with E-state index in [1.807, 2.05) is 6.92 Å². The highest BCUT2D eigenvalue weighted by Crippen LogP contribution is 2.36. The molecule has 1 amide bonds. The van der Waals surface area contributed by atoms with E-state index in [0.717, 1.165) is 29.5 Å². The molecule has 2 N–H and O–H groups in total. The molecule has 10 heteroatoms. The minimum atomic E-state index is -1.56. The summed E-state index contributed by atoms with van der Waals surface area (Å²) in [5.41, 5.74) is 0.654. The van der Waals surface area contributed by atoms with E-state index < -0.39 is 30.3 Å². The molecule has 0 saturated carbocycles. The van der Waals surface area contributed by atoms with E-state index in [0.29, 0.717) is 30.3 Å². The lowest BCUT2D eigenvalue weighted by Gasteiger charge is -2.21. The van der Waals surface area contributed by atoms with Gasteiger partial charge < -0.3 is 19.7 Å². The first-order valence-corrected chi connectivity index (χ1v) is 12.6. The number of thiocarbonyl (C=S) groups is 1. The molecular weight excluding hydrogens is 478 g/mol. The molecule has 186 valence electrons. The van der Waals surface area contributed by atoms with Crippen LogP contribution >= 0.6 is 24.0 Å². The number of carbonyl (C=O) groups is 3. The molecule has 1 aromatic carbocycles. The molecule has 34 heavy (non-hydrogen) atoms. The minimum Gasteiger partial charge on any atom is -0.490 e. The summed E-state index contributed by atoms with van der Waals surface area (Å²) in [6.45, 7) is 5.08. The fourth-order valence-corrected chi connectivity index (χ4v) is 4.78. The lowest BCUT2D eigenvalue weighted by atomic mass is 10.1. The van der Waals surface area contributed by atoms with E-state index in [9.17, 15) is 19.5 Å². The second kappa shape index (κ2) is 14.0. The monoisotopic (exact) mass is 509 g/mol. The van der Waals surface area contributed by atoms with Crippen LogP contribution in [0.3, 0.4) is 0 Å². The van der Waals surface area contributed by atoms with Crippen LogP contribution < -0.4 is 9.47 Å². The summed E-state index contributed by atoms with van der Waals surface area (Å²) in [6.07, 6.45) is 7.82. The topological polar surface area (TPSA) is 113 Å². The van der Waals surface area contributed by atoms with Crippen LogP contribution in [0.2, 0.25) is 0 Å². The van der Waals surface area contributed by atoms with Gasteiger partial charge in [0.1, 0.15) is 10.4 Å². The lowest BCUT2D eigenvalue weighted by molar-refractivity contribution is -0.150. The van der Waals surface area contributed by atoms with Gasteiger partial charge in [-0.25, -0.2) is 4.79 Å². The number of carboxylic acids is 2. The van der Waals surface area contributed by atoms with Crippen LogP contribution in [0, 0.1) is 0 Å². The van der Waals surface area contributed by atoms with Gasteiger partial charge >= 0.3 is 11.9 Å². The summed E-state index contributed by atoms with van der Waals surface area (Å²) < 4.78 is 11.6. The van der Waals surface area contributed by atoms with Gasteiger partial charge in [0.2, 0.25) is 0 Å². The Morgan fingerprint density at radius 3 is 2.44 bits per heavy atom. The van der Waals surface area contributed by atoms with Gasteiger partial charge in [-0.1, -0.05) is 69.1 Å². The zero-order chi connectivity index (χ0) is 25.1. The number of carbonyl (C=O) groups excluding carboxylic acids is 1. The number of aliphatic carboxylic acids is 2. The van der Waals surface area contributed by atoms with E-state index in [2.05, 4.69) is 6.92 Å². The van der Waals surface area contributed by atoms with Gasteiger partial charge in [0, 0.05) is 0 Å². The van der Waals surface area contributed by atoms with Crippen LogP contribution in [0.5, 0.6) is 11.5 Å². The van der Waals surface area contributed by atoms with E-state index in [1.54, 1.807) is 24.3 Å². The van der Waals surface area contributed by atoms with Crippen molar-refractivity contribution in [1.29, 1.82) is 0 Å². The average molecular weight is 510 g/mol. The van der Waals surface area contributed by atoms with Gasteiger partial charge in [-0.15, -0.1) is 0 Å². The maximum absolute atomic E-state index is 12.8. The van der Waals surface area contributed by atoms with E-state index in [4.69, 9.17) is 26.8 Å². The van der Waals surface area contributed by atoms with E-state index >= 15 is 0 Å². The number of ether oxygens (including phenoxy) is 2. The van der Waals surface area contributed by atoms with Crippen molar-refractivity contribution in [2.45, 2.75) is 64.8 Å². The van der Waals surface area contributed by atoms with Crippen LogP contribution in [0.1, 0.15) is 64.4 Å². The molecule has 1 aliphatic heterocycles. The summed E-state index contributed by atoms with van der Waals surface area (Å²) in [4.78, 5) is 36.5. The third-order valence-electron chi connectivity index (χ3n) is 5.11. The molecule has 2 rings (SSSR count). The Morgan fingerprint density at radius 1 is 1.09 bits per heavy atom. The zero-order valence-corrected chi connectivity index (χ0v) is 21.1. The van der Waals surface area contributed by atoms with Crippen molar-refractivity contribution in [1.82, 2.24) is 4.90 Å². The van der Waals surface area contributed by atoms with Crippen molar-refractivity contribution in [2.75, 3.05) is 13.2 Å². The van der Waals surface area contributed by atoms with Gasteiger partial charge in [0.15, 0.2) is 11.5 Å². The SMILES string of the molecule is CCCCCCCCOc1ccc(C=C2SC(=S)N(C(CC(=O)O)C(=O)O)C2=O)cc1OCC. The van der Waals surface area contributed by atoms with Gasteiger partial charge in [0.25, 0.3) is 5.91 Å². The van der Waals surface area contributed by atoms with Crippen molar-refractivity contribution in [3.8, 4) is 11.5 Å². The summed E-state index contributed by atoms with van der Waals surface area (Å²) >= 11 is 6.10. The number of carboxylic acid groups (broad SMARTS) is 2. The predicted octanol–water partition coefficient (Wildman–Crippen LogP) is 4.95. The van der Waals surface area contributed by atoms with Gasteiger partial charge in [-0.3, -0.25) is 14.5 Å². The Morgan fingerprint density at radius 2 is 1.79 bits per heavy atom. The minimum absolute atomic E-state index is 0.00817. The molecule has 1 saturated heterocycles. The van der Waals surface area contributed by atoms with Crippen LogP contribution in [0.4, 0.5) is 0 Å². The van der Waals surface area contributed by atoms with Crippen LogP contribution in [-0.2, 0) is 14.4 Å². The number of hydrogen-bond acceptors (Lipinski definition) is 7. The molecule has 0 bridgehead atoms. The molecule has 1 aliphatic rings. The highest BCUT2D eigenvalue weighted by atomic mass is 32.2.